The summed E-state index contributed by atoms with van der Waals surface area (Å²) < 4.78 is 12.9. The highest BCUT2D eigenvalue weighted by Gasteiger charge is 2.08. The van der Waals surface area contributed by atoms with Gasteiger partial charge in [-0.3, -0.25) is 9.48 Å². The average molecular weight is 357 g/mol. The van der Waals surface area contributed by atoms with E-state index in [9.17, 15) is 4.79 Å². The molecular weight excluding hydrogens is 340 g/mol. The van der Waals surface area contributed by atoms with Crippen LogP contribution < -0.4 is 4.74 Å². The maximum atomic E-state index is 12.2. The van der Waals surface area contributed by atoms with Crippen LogP contribution in [-0.2, 0) is 13.2 Å². The summed E-state index contributed by atoms with van der Waals surface area (Å²) >= 11 is 5.91. The maximum Gasteiger partial charge on any atom is 0.203 e. The smallest absolute Gasteiger partial charge is 0.203 e. The molecule has 2 aromatic heterocycles. The van der Waals surface area contributed by atoms with Crippen molar-refractivity contribution in [3.63, 3.8) is 0 Å². The van der Waals surface area contributed by atoms with Crippen LogP contribution in [0.1, 0.15) is 28.9 Å². The van der Waals surface area contributed by atoms with Crippen molar-refractivity contribution in [2.45, 2.75) is 20.1 Å². The molecule has 0 aliphatic heterocycles. The molecule has 0 aliphatic rings. The standard InChI is InChI=1S/C19H17ClN2O3/c1-2-22-18(10-11-21-22)19(23)9-8-15-6-7-17(25-15)13-24-16-5-3-4-14(20)12-16/h3-12H,2,13H2,1H3/b9-8+. The first kappa shape index (κ1) is 17.0. The minimum atomic E-state index is -0.118. The SMILES string of the molecule is CCn1nccc1C(=O)/C=C/c1ccc(COc2cccc(Cl)c2)o1. The number of aryl methyl sites for hydroxylation is 1. The zero-order valence-corrected chi connectivity index (χ0v) is 14.4. The molecule has 0 aliphatic carbocycles. The summed E-state index contributed by atoms with van der Waals surface area (Å²) in [5.41, 5.74) is 0.551. The molecule has 1 aromatic carbocycles. The fraction of sp³-hybridized carbons (Fsp3) is 0.158. The highest BCUT2D eigenvalue weighted by atomic mass is 35.5. The van der Waals surface area contributed by atoms with Crippen LogP contribution in [0.5, 0.6) is 5.75 Å². The van der Waals surface area contributed by atoms with Crippen molar-refractivity contribution in [2.75, 3.05) is 0 Å². The molecule has 25 heavy (non-hydrogen) atoms. The van der Waals surface area contributed by atoms with E-state index >= 15 is 0 Å². The van der Waals surface area contributed by atoms with Crippen molar-refractivity contribution < 1.29 is 13.9 Å². The Morgan fingerprint density at radius 2 is 2.20 bits per heavy atom. The van der Waals surface area contributed by atoms with E-state index in [2.05, 4.69) is 5.10 Å². The summed E-state index contributed by atoms with van der Waals surface area (Å²) in [6.45, 7) is 2.87. The van der Waals surface area contributed by atoms with Crippen LogP contribution >= 0.6 is 11.6 Å². The van der Waals surface area contributed by atoms with Crippen LogP contribution in [0.15, 0.2) is 59.2 Å². The molecule has 0 N–H and O–H groups in total. The monoisotopic (exact) mass is 356 g/mol. The number of ether oxygens (including phenoxy) is 1. The minimum absolute atomic E-state index is 0.118. The molecular formula is C19H17ClN2O3. The van der Waals surface area contributed by atoms with Crippen LogP contribution in [0.2, 0.25) is 5.02 Å². The van der Waals surface area contributed by atoms with Crippen molar-refractivity contribution in [3.05, 3.63) is 77.0 Å². The van der Waals surface area contributed by atoms with Gasteiger partial charge in [0.2, 0.25) is 5.78 Å². The van der Waals surface area contributed by atoms with E-state index < -0.39 is 0 Å². The lowest BCUT2D eigenvalue weighted by Gasteiger charge is -2.03. The highest BCUT2D eigenvalue weighted by Crippen LogP contribution is 2.19. The van der Waals surface area contributed by atoms with Crippen molar-refractivity contribution in [3.8, 4) is 5.75 Å². The van der Waals surface area contributed by atoms with E-state index in [-0.39, 0.29) is 12.4 Å². The third kappa shape index (κ3) is 4.39. The van der Waals surface area contributed by atoms with Crippen molar-refractivity contribution in [1.82, 2.24) is 9.78 Å². The van der Waals surface area contributed by atoms with Crippen molar-refractivity contribution in [1.29, 1.82) is 0 Å². The molecule has 0 bridgehead atoms. The van der Waals surface area contributed by atoms with Crippen LogP contribution in [0.4, 0.5) is 0 Å². The van der Waals surface area contributed by atoms with Gasteiger partial charge in [0.1, 0.15) is 29.6 Å². The molecule has 5 nitrogen and oxygen atoms in total. The third-order valence-electron chi connectivity index (χ3n) is 3.53. The van der Waals surface area contributed by atoms with E-state index in [1.807, 2.05) is 25.1 Å². The zero-order valence-electron chi connectivity index (χ0n) is 13.7. The quantitative estimate of drug-likeness (QED) is 0.457. The van der Waals surface area contributed by atoms with Gasteiger partial charge in [-0.1, -0.05) is 17.7 Å². The van der Waals surface area contributed by atoms with Gasteiger partial charge in [0.15, 0.2) is 0 Å². The number of halogens is 1. The minimum Gasteiger partial charge on any atom is -0.486 e. The summed E-state index contributed by atoms with van der Waals surface area (Å²) in [4.78, 5) is 12.2. The zero-order chi connectivity index (χ0) is 17.6. The molecule has 128 valence electrons. The molecule has 3 aromatic rings. The average Bonchev–Trinajstić information content (AvgIpc) is 3.27. The van der Waals surface area contributed by atoms with Gasteiger partial charge in [-0.15, -0.1) is 0 Å². The predicted molar refractivity (Wildman–Crippen MR) is 95.8 cm³/mol. The second-order valence-corrected chi connectivity index (χ2v) is 5.72. The number of benzene rings is 1. The summed E-state index contributed by atoms with van der Waals surface area (Å²) in [5.74, 6) is 1.79. The van der Waals surface area contributed by atoms with Gasteiger partial charge in [-0.05, 0) is 55.5 Å². The van der Waals surface area contributed by atoms with Gasteiger partial charge >= 0.3 is 0 Å². The lowest BCUT2D eigenvalue weighted by Crippen LogP contribution is -2.07. The fourth-order valence-electron chi connectivity index (χ4n) is 2.31. The second-order valence-electron chi connectivity index (χ2n) is 5.28. The third-order valence-corrected chi connectivity index (χ3v) is 3.76. The molecule has 0 atom stereocenters. The Balaban J connectivity index is 1.60. The van der Waals surface area contributed by atoms with E-state index in [1.54, 1.807) is 41.2 Å². The van der Waals surface area contributed by atoms with Crippen molar-refractivity contribution >= 4 is 23.5 Å². The van der Waals surface area contributed by atoms with Gasteiger partial charge in [0.25, 0.3) is 0 Å². The number of carbonyl (C=O) groups excluding carboxylic acids is 1. The van der Waals surface area contributed by atoms with E-state index in [0.717, 1.165) is 0 Å². The summed E-state index contributed by atoms with van der Waals surface area (Å²) in [7, 11) is 0. The summed E-state index contributed by atoms with van der Waals surface area (Å²) in [5, 5.41) is 4.70. The van der Waals surface area contributed by atoms with Crippen LogP contribution in [0.3, 0.4) is 0 Å². The number of rotatable bonds is 7. The van der Waals surface area contributed by atoms with Gasteiger partial charge < -0.3 is 9.15 Å². The number of allylic oxidation sites excluding steroid dienone is 1. The lowest BCUT2D eigenvalue weighted by atomic mass is 10.2. The Hall–Kier alpha value is -2.79. The lowest BCUT2D eigenvalue weighted by molar-refractivity contribution is 0.103. The molecule has 0 radical (unpaired) electrons. The van der Waals surface area contributed by atoms with E-state index in [0.29, 0.717) is 34.5 Å². The molecule has 0 saturated heterocycles. The van der Waals surface area contributed by atoms with E-state index in [4.69, 9.17) is 20.8 Å². The molecule has 0 unspecified atom stereocenters. The molecule has 3 rings (SSSR count). The fourth-order valence-corrected chi connectivity index (χ4v) is 2.49. The molecule has 0 fully saturated rings. The first-order valence-electron chi connectivity index (χ1n) is 7.87. The van der Waals surface area contributed by atoms with Crippen LogP contribution in [0, 0.1) is 0 Å². The van der Waals surface area contributed by atoms with Crippen LogP contribution in [0.25, 0.3) is 6.08 Å². The maximum absolute atomic E-state index is 12.2. The normalized spacial score (nSPS) is 11.1. The molecule has 0 spiro atoms. The second kappa shape index (κ2) is 7.85. The Kier molecular flexibility index (Phi) is 5.36. The number of hydrogen-bond acceptors (Lipinski definition) is 4. The molecule has 0 saturated carbocycles. The Labute approximate surface area is 150 Å². The number of aromatic nitrogens is 2. The molecule has 2 heterocycles. The summed E-state index contributed by atoms with van der Waals surface area (Å²) in [6, 6.07) is 12.5. The van der Waals surface area contributed by atoms with Gasteiger partial charge in [0, 0.05) is 17.8 Å². The highest BCUT2D eigenvalue weighted by molar-refractivity contribution is 6.30. The Morgan fingerprint density at radius 1 is 1.32 bits per heavy atom. The Bertz CT molecular complexity index is 895. The summed E-state index contributed by atoms with van der Waals surface area (Å²) in [6.07, 6.45) is 4.73. The van der Waals surface area contributed by atoms with Gasteiger partial charge in [-0.25, -0.2) is 0 Å². The van der Waals surface area contributed by atoms with Gasteiger partial charge in [-0.2, -0.15) is 5.10 Å². The van der Waals surface area contributed by atoms with Crippen LogP contribution in [-0.4, -0.2) is 15.6 Å². The number of hydrogen-bond donors (Lipinski definition) is 0. The number of carbonyl (C=O) groups is 1. The largest absolute Gasteiger partial charge is 0.486 e. The first-order valence-corrected chi connectivity index (χ1v) is 8.25. The Morgan fingerprint density at radius 3 is 3.00 bits per heavy atom. The number of ketones is 1. The molecule has 0 amide bonds. The molecule has 6 heteroatoms. The first-order chi connectivity index (χ1) is 12.2. The number of furan rings is 1. The predicted octanol–water partition coefficient (Wildman–Crippen LogP) is 4.62. The van der Waals surface area contributed by atoms with Gasteiger partial charge in [0.05, 0.1) is 0 Å². The van der Waals surface area contributed by atoms with Crippen molar-refractivity contribution in [2.24, 2.45) is 0 Å². The topological polar surface area (TPSA) is 57.3 Å². The number of nitrogens with zero attached hydrogens (tertiary/aromatic N) is 2. The van der Waals surface area contributed by atoms with E-state index in [1.165, 1.54) is 6.08 Å².